The normalized spacial score (nSPS) is 16.7. The Morgan fingerprint density at radius 3 is 2.81 bits per heavy atom. The van der Waals surface area contributed by atoms with Crippen LogP contribution >= 0.6 is 0 Å². The van der Waals surface area contributed by atoms with Crippen molar-refractivity contribution >= 4 is 5.91 Å². The maximum atomic E-state index is 12.6. The summed E-state index contributed by atoms with van der Waals surface area (Å²) in [7, 11) is 0. The minimum absolute atomic E-state index is 0.0996. The molecule has 1 fully saturated rings. The summed E-state index contributed by atoms with van der Waals surface area (Å²) >= 11 is 0. The summed E-state index contributed by atoms with van der Waals surface area (Å²) in [5.41, 5.74) is 1.20. The maximum absolute atomic E-state index is 12.6. The van der Waals surface area contributed by atoms with E-state index >= 15 is 0 Å². The summed E-state index contributed by atoms with van der Waals surface area (Å²) in [5.74, 6) is 1.19. The molecule has 1 amide bonds. The summed E-state index contributed by atoms with van der Waals surface area (Å²) < 4.78 is 5.78. The lowest BCUT2D eigenvalue weighted by atomic mass is 9.95. The van der Waals surface area contributed by atoms with Crippen LogP contribution in [0.4, 0.5) is 0 Å². The second kappa shape index (κ2) is 7.90. The zero-order valence-corrected chi connectivity index (χ0v) is 14.7. The molecule has 0 bridgehead atoms. The van der Waals surface area contributed by atoms with Gasteiger partial charge in [-0.2, -0.15) is 5.10 Å². The molecule has 0 N–H and O–H groups in total. The van der Waals surface area contributed by atoms with Gasteiger partial charge in [0.15, 0.2) is 5.69 Å². The number of aromatic nitrogens is 4. The first-order valence-corrected chi connectivity index (χ1v) is 8.91. The number of carbonyl (C=O) groups excluding carboxylic acids is 1. The Bertz CT molecular complexity index is 905. The molecule has 0 saturated carbocycles. The highest BCUT2D eigenvalue weighted by Gasteiger charge is 2.27. The van der Waals surface area contributed by atoms with E-state index in [0.29, 0.717) is 30.4 Å². The van der Waals surface area contributed by atoms with Crippen LogP contribution < -0.4 is 4.74 Å². The number of carbonyl (C=O) groups is 1. The molecule has 4 rings (SSSR count). The molecule has 1 atom stereocenters. The zero-order chi connectivity index (χ0) is 18.5. The van der Waals surface area contributed by atoms with Crippen molar-refractivity contribution in [1.29, 1.82) is 0 Å². The van der Waals surface area contributed by atoms with Crippen LogP contribution in [0.2, 0.25) is 0 Å². The van der Waals surface area contributed by atoms with Crippen LogP contribution in [0.5, 0.6) is 11.6 Å². The smallest absolute Gasteiger partial charge is 0.274 e. The molecule has 1 unspecified atom stereocenters. The predicted octanol–water partition coefficient (Wildman–Crippen LogP) is 3.08. The molecule has 3 aromatic rings. The number of piperidine rings is 1. The van der Waals surface area contributed by atoms with Gasteiger partial charge in [0.05, 0.1) is 11.9 Å². The van der Waals surface area contributed by atoms with Gasteiger partial charge in [0, 0.05) is 31.4 Å². The number of nitrogens with zero attached hydrogens (tertiary/aromatic N) is 5. The van der Waals surface area contributed by atoms with Crippen LogP contribution in [-0.4, -0.2) is 44.1 Å². The molecule has 7 nitrogen and oxygen atoms in total. The standard InChI is InChI=1S/C20H19N5O2/c26-20(17-9-4-10-22-24-17)25-11-5-6-15(14-25)18-12-21-13-19(23-18)27-16-7-2-1-3-8-16/h1-4,7-10,12-13,15H,5-6,11,14H2. The Morgan fingerprint density at radius 2 is 2.00 bits per heavy atom. The van der Waals surface area contributed by atoms with Crippen LogP contribution in [0, 0.1) is 0 Å². The van der Waals surface area contributed by atoms with Crippen molar-refractivity contribution in [3.8, 4) is 11.6 Å². The number of hydrogen-bond acceptors (Lipinski definition) is 6. The van der Waals surface area contributed by atoms with E-state index in [-0.39, 0.29) is 11.8 Å². The average Bonchev–Trinajstić information content (AvgIpc) is 2.75. The average molecular weight is 361 g/mol. The fourth-order valence-electron chi connectivity index (χ4n) is 3.20. The Balaban J connectivity index is 1.48. The number of para-hydroxylation sites is 1. The van der Waals surface area contributed by atoms with Crippen LogP contribution in [-0.2, 0) is 0 Å². The molecule has 1 aliphatic rings. The Kier molecular flexibility index (Phi) is 5.00. The van der Waals surface area contributed by atoms with Crippen LogP contribution in [0.25, 0.3) is 0 Å². The van der Waals surface area contributed by atoms with Gasteiger partial charge < -0.3 is 9.64 Å². The van der Waals surface area contributed by atoms with Crippen molar-refractivity contribution in [2.45, 2.75) is 18.8 Å². The fraction of sp³-hybridized carbons (Fsp3) is 0.250. The monoisotopic (exact) mass is 361 g/mol. The predicted molar refractivity (Wildman–Crippen MR) is 98.5 cm³/mol. The summed E-state index contributed by atoms with van der Waals surface area (Å²) in [5, 5.41) is 7.72. The highest BCUT2D eigenvalue weighted by molar-refractivity contribution is 5.92. The molecule has 0 radical (unpaired) electrons. The van der Waals surface area contributed by atoms with Crippen molar-refractivity contribution in [3.05, 3.63) is 72.4 Å². The second-order valence-electron chi connectivity index (χ2n) is 6.40. The molecular weight excluding hydrogens is 342 g/mol. The molecule has 3 heterocycles. The Morgan fingerprint density at radius 1 is 1.11 bits per heavy atom. The molecule has 1 aliphatic heterocycles. The van der Waals surface area contributed by atoms with E-state index in [1.54, 1.807) is 30.7 Å². The molecule has 1 aromatic carbocycles. The quantitative estimate of drug-likeness (QED) is 0.710. The van der Waals surface area contributed by atoms with E-state index in [4.69, 9.17) is 4.74 Å². The zero-order valence-electron chi connectivity index (χ0n) is 14.7. The largest absolute Gasteiger partial charge is 0.437 e. The summed E-state index contributed by atoms with van der Waals surface area (Å²) in [6.07, 6.45) is 6.76. The molecule has 1 saturated heterocycles. The molecule has 136 valence electrons. The number of hydrogen-bond donors (Lipinski definition) is 0. The van der Waals surface area contributed by atoms with Crippen molar-refractivity contribution in [2.24, 2.45) is 0 Å². The summed E-state index contributed by atoms with van der Waals surface area (Å²) in [4.78, 5) is 23.3. The van der Waals surface area contributed by atoms with E-state index in [1.807, 2.05) is 35.2 Å². The Hall–Kier alpha value is -3.35. The SMILES string of the molecule is O=C(c1cccnn1)N1CCCC(c2cncc(Oc3ccccc3)n2)C1. The van der Waals surface area contributed by atoms with Gasteiger partial charge in [-0.3, -0.25) is 9.78 Å². The van der Waals surface area contributed by atoms with Crippen LogP contribution in [0.3, 0.4) is 0 Å². The highest BCUT2D eigenvalue weighted by Crippen LogP contribution is 2.28. The number of likely N-dealkylation sites (tertiary alicyclic amines) is 1. The van der Waals surface area contributed by atoms with Crippen molar-refractivity contribution in [2.75, 3.05) is 13.1 Å². The second-order valence-corrected chi connectivity index (χ2v) is 6.40. The molecular formula is C20H19N5O2. The molecule has 0 spiro atoms. The maximum Gasteiger partial charge on any atom is 0.274 e. The van der Waals surface area contributed by atoms with Crippen molar-refractivity contribution in [1.82, 2.24) is 25.1 Å². The third-order valence-corrected chi connectivity index (χ3v) is 4.51. The lowest BCUT2D eigenvalue weighted by Crippen LogP contribution is -2.39. The van der Waals surface area contributed by atoms with Gasteiger partial charge in [-0.05, 0) is 37.1 Å². The van der Waals surface area contributed by atoms with Crippen molar-refractivity contribution < 1.29 is 9.53 Å². The van der Waals surface area contributed by atoms with Gasteiger partial charge in [-0.25, -0.2) is 4.98 Å². The van der Waals surface area contributed by atoms with Gasteiger partial charge in [0.2, 0.25) is 5.88 Å². The lowest BCUT2D eigenvalue weighted by Gasteiger charge is -2.32. The highest BCUT2D eigenvalue weighted by atomic mass is 16.5. The van der Waals surface area contributed by atoms with E-state index in [1.165, 1.54) is 0 Å². The lowest BCUT2D eigenvalue weighted by molar-refractivity contribution is 0.0698. The molecule has 2 aromatic heterocycles. The van der Waals surface area contributed by atoms with Gasteiger partial charge in [0.25, 0.3) is 5.91 Å². The van der Waals surface area contributed by atoms with Gasteiger partial charge in [-0.15, -0.1) is 5.10 Å². The van der Waals surface area contributed by atoms with Gasteiger partial charge in [0.1, 0.15) is 5.75 Å². The first-order valence-electron chi connectivity index (χ1n) is 8.91. The number of benzene rings is 1. The minimum Gasteiger partial charge on any atom is -0.437 e. The van der Waals surface area contributed by atoms with E-state index < -0.39 is 0 Å². The van der Waals surface area contributed by atoms with E-state index in [2.05, 4.69) is 20.2 Å². The third kappa shape index (κ3) is 4.08. The number of rotatable bonds is 4. The third-order valence-electron chi connectivity index (χ3n) is 4.51. The topological polar surface area (TPSA) is 81.1 Å². The Labute approximate surface area is 157 Å². The van der Waals surface area contributed by atoms with Crippen molar-refractivity contribution in [3.63, 3.8) is 0 Å². The summed E-state index contributed by atoms with van der Waals surface area (Å²) in [6.45, 7) is 1.29. The van der Waals surface area contributed by atoms with Crippen LogP contribution in [0.1, 0.15) is 34.9 Å². The number of ether oxygens (including phenoxy) is 1. The van der Waals surface area contributed by atoms with Gasteiger partial charge >= 0.3 is 0 Å². The first-order chi connectivity index (χ1) is 13.3. The molecule has 0 aliphatic carbocycles. The van der Waals surface area contributed by atoms with Crippen LogP contribution in [0.15, 0.2) is 61.1 Å². The van der Waals surface area contributed by atoms with E-state index in [0.717, 1.165) is 18.5 Å². The molecule has 27 heavy (non-hydrogen) atoms. The fourth-order valence-corrected chi connectivity index (χ4v) is 3.20. The van der Waals surface area contributed by atoms with E-state index in [9.17, 15) is 4.79 Å². The first kappa shape index (κ1) is 17.1. The number of amides is 1. The van der Waals surface area contributed by atoms with Gasteiger partial charge in [-0.1, -0.05) is 18.2 Å². The molecule has 7 heteroatoms. The summed E-state index contributed by atoms with van der Waals surface area (Å²) in [6, 6.07) is 12.9. The minimum atomic E-state index is -0.0996.